The molecule has 2 aromatic carbocycles. The summed E-state index contributed by atoms with van der Waals surface area (Å²) in [6.07, 6.45) is 0. The fourth-order valence-corrected chi connectivity index (χ4v) is 3.13. The number of thiophene rings is 1. The van der Waals surface area contributed by atoms with Gasteiger partial charge in [-0.3, -0.25) is 9.59 Å². The lowest BCUT2D eigenvalue weighted by Gasteiger charge is -2.12. The van der Waals surface area contributed by atoms with Gasteiger partial charge < -0.3 is 15.4 Å². The molecule has 3 aromatic rings. The molecule has 1 aromatic heterocycles. The van der Waals surface area contributed by atoms with Gasteiger partial charge in [0.1, 0.15) is 0 Å². The van der Waals surface area contributed by atoms with E-state index in [1.807, 2.05) is 42.6 Å². The van der Waals surface area contributed by atoms with Crippen molar-refractivity contribution in [3.05, 3.63) is 82.0 Å². The van der Waals surface area contributed by atoms with Crippen molar-refractivity contribution in [1.29, 1.82) is 0 Å². The normalized spacial score (nSPS) is 10.4. The fourth-order valence-electron chi connectivity index (χ4n) is 2.51. The van der Waals surface area contributed by atoms with Crippen LogP contribution in [0.25, 0.3) is 0 Å². The van der Waals surface area contributed by atoms with E-state index in [0.717, 1.165) is 5.56 Å². The maximum Gasteiger partial charge on any atom is 0.265 e. The summed E-state index contributed by atoms with van der Waals surface area (Å²) in [7, 11) is 0. The van der Waals surface area contributed by atoms with E-state index < -0.39 is 0 Å². The molecule has 27 heavy (non-hydrogen) atoms. The summed E-state index contributed by atoms with van der Waals surface area (Å²) in [4.78, 5) is 25.4. The van der Waals surface area contributed by atoms with Gasteiger partial charge in [0, 0.05) is 29.1 Å². The summed E-state index contributed by atoms with van der Waals surface area (Å²) >= 11 is 1.37. The molecular weight excluding hydrogens is 360 g/mol. The number of benzene rings is 2. The highest BCUT2D eigenvalue weighted by Gasteiger charge is 2.11. The van der Waals surface area contributed by atoms with Crippen LogP contribution in [0.1, 0.15) is 32.5 Å². The Bertz CT molecular complexity index is 923. The zero-order chi connectivity index (χ0) is 19.1. The number of carbonyl (C=O) groups is 2. The summed E-state index contributed by atoms with van der Waals surface area (Å²) in [6.45, 7) is 2.97. The van der Waals surface area contributed by atoms with E-state index in [4.69, 9.17) is 4.74 Å². The largest absolute Gasteiger partial charge is 0.377 e. The van der Waals surface area contributed by atoms with Gasteiger partial charge in [0.25, 0.3) is 11.8 Å². The molecule has 0 bridgehead atoms. The third-order valence-corrected chi connectivity index (χ3v) is 4.72. The lowest BCUT2D eigenvalue weighted by atomic mass is 10.1. The van der Waals surface area contributed by atoms with Crippen molar-refractivity contribution in [2.75, 3.05) is 17.2 Å². The molecule has 2 amide bonds. The number of para-hydroxylation sites is 1. The lowest BCUT2D eigenvalue weighted by Crippen LogP contribution is -2.15. The van der Waals surface area contributed by atoms with Crippen LogP contribution in [-0.2, 0) is 11.3 Å². The van der Waals surface area contributed by atoms with Crippen LogP contribution in [0, 0.1) is 0 Å². The van der Waals surface area contributed by atoms with Gasteiger partial charge in [0.05, 0.1) is 11.5 Å². The van der Waals surface area contributed by atoms with E-state index in [0.29, 0.717) is 35.0 Å². The molecule has 5 nitrogen and oxygen atoms in total. The van der Waals surface area contributed by atoms with E-state index in [1.165, 1.54) is 11.3 Å². The number of nitrogens with one attached hydrogen (secondary N) is 2. The minimum absolute atomic E-state index is 0.190. The van der Waals surface area contributed by atoms with Crippen molar-refractivity contribution in [3.63, 3.8) is 0 Å². The van der Waals surface area contributed by atoms with Crippen molar-refractivity contribution in [2.24, 2.45) is 0 Å². The van der Waals surface area contributed by atoms with Gasteiger partial charge in [-0.25, -0.2) is 0 Å². The Morgan fingerprint density at radius 2 is 1.81 bits per heavy atom. The van der Waals surface area contributed by atoms with Gasteiger partial charge in [-0.1, -0.05) is 30.3 Å². The van der Waals surface area contributed by atoms with E-state index in [9.17, 15) is 9.59 Å². The van der Waals surface area contributed by atoms with Crippen molar-refractivity contribution in [3.8, 4) is 0 Å². The van der Waals surface area contributed by atoms with Gasteiger partial charge in [-0.2, -0.15) is 0 Å². The highest BCUT2D eigenvalue weighted by atomic mass is 32.1. The fraction of sp³-hybridized carbons (Fsp3) is 0.143. The summed E-state index contributed by atoms with van der Waals surface area (Å²) in [5, 5.41) is 7.57. The van der Waals surface area contributed by atoms with E-state index in [2.05, 4.69) is 10.6 Å². The molecule has 6 heteroatoms. The van der Waals surface area contributed by atoms with Crippen molar-refractivity contribution < 1.29 is 14.3 Å². The number of hydrogen-bond acceptors (Lipinski definition) is 4. The molecule has 1 heterocycles. The summed E-state index contributed by atoms with van der Waals surface area (Å²) in [5.41, 5.74) is 2.66. The first-order valence-electron chi connectivity index (χ1n) is 8.59. The minimum atomic E-state index is -0.244. The standard InChI is InChI=1S/C21H20N2O3S/c1-2-26-14-16-7-3-4-10-18(16)23-20(24)15-8-5-9-17(13-15)22-21(25)19-11-6-12-27-19/h3-13H,2,14H2,1H3,(H,22,25)(H,23,24). The Hall–Kier alpha value is -2.96. The second-order valence-corrected chi connectivity index (χ2v) is 6.71. The second-order valence-electron chi connectivity index (χ2n) is 5.76. The van der Waals surface area contributed by atoms with Gasteiger partial charge in [0.2, 0.25) is 0 Å². The van der Waals surface area contributed by atoms with Crippen LogP contribution in [0.5, 0.6) is 0 Å². The number of rotatable bonds is 7. The molecule has 0 atom stereocenters. The first kappa shape index (κ1) is 18.8. The number of anilines is 2. The Balaban J connectivity index is 1.71. The Morgan fingerprint density at radius 3 is 2.59 bits per heavy atom. The van der Waals surface area contributed by atoms with E-state index in [-0.39, 0.29) is 11.8 Å². The summed E-state index contributed by atoms with van der Waals surface area (Å²) in [5.74, 6) is -0.434. The van der Waals surface area contributed by atoms with E-state index in [1.54, 1.807) is 30.3 Å². The van der Waals surface area contributed by atoms with Crippen molar-refractivity contribution in [2.45, 2.75) is 13.5 Å². The van der Waals surface area contributed by atoms with Crippen molar-refractivity contribution in [1.82, 2.24) is 0 Å². The Kier molecular flexibility index (Phi) is 6.35. The maximum absolute atomic E-state index is 12.6. The smallest absolute Gasteiger partial charge is 0.265 e. The van der Waals surface area contributed by atoms with Crippen LogP contribution in [-0.4, -0.2) is 18.4 Å². The molecule has 0 aliphatic carbocycles. The van der Waals surface area contributed by atoms with Crippen LogP contribution in [0.4, 0.5) is 11.4 Å². The molecule has 0 unspecified atom stereocenters. The zero-order valence-electron chi connectivity index (χ0n) is 14.9. The molecule has 3 rings (SSSR count). The molecule has 2 N–H and O–H groups in total. The van der Waals surface area contributed by atoms with Gasteiger partial charge in [-0.15, -0.1) is 11.3 Å². The summed E-state index contributed by atoms with van der Waals surface area (Å²) < 4.78 is 5.45. The van der Waals surface area contributed by atoms with Crippen molar-refractivity contribution >= 4 is 34.5 Å². The summed E-state index contributed by atoms with van der Waals surface area (Å²) in [6, 6.07) is 18.0. The SMILES string of the molecule is CCOCc1ccccc1NC(=O)c1cccc(NC(=O)c2cccs2)c1. The Labute approximate surface area is 162 Å². The highest BCUT2D eigenvalue weighted by molar-refractivity contribution is 7.12. The van der Waals surface area contributed by atoms with Crippen LogP contribution in [0.15, 0.2) is 66.0 Å². The number of hydrogen-bond donors (Lipinski definition) is 2. The maximum atomic E-state index is 12.6. The molecule has 0 fully saturated rings. The lowest BCUT2D eigenvalue weighted by molar-refractivity contribution is 0.101. The third-order valence-electron chi connectivity index (χ3n) is 3.85. The average Bonchev–Trinajstić information content (AvgIpc) is 3.22. The first-order valence-corrected chi connectivity index (χ1v) is 9.47. The highest BCUT2D eigenvalue weighted by Crippen LogP contribution is 2.19. The number of amides is 2. The van der Waals surface area contributed by atoms with Gasteiger partial charge in [0.15, 0.2) is 0 Å². The number of ether oxygens (including phenoxy) is 1. The minimum Gasteiger partial charge on any atom is -0.377 e. The van der Waals surface area contributed by atoms with Crippen LogP contribution < -0.4 is 10.6 Å². The molecule has 0 radical (unpaired) electrons. The second kappa shape index (κ2) is 9.12. The molecule has 138 valence electrons. The van der Waals surface area contributed by atoms with Crippen LogP contribution in [0.2, 0.25) is 0 Å². The third kappa shape index (κ3) is 5.03. The monoisotopic (exact) mass is 380 g/mol. The predicted molar refractivity (Wildman–Crippen MR) is 108 cm³/mol. The molecular formula is C21H20N2O3S. The van der Waals surface area contributed by atoms with Gasteiger partial charge in [-0.05, 0) is 42.6 Å². The zero-order valence-corrected chi connectivity index (χ0v) is 15.7. The van der Waals surface area contributed by atoms with E-state index >= 15 is 0 Å². The molecule has 0 saturated carbocycles. The van der Waals surface area contributed by atoms with Crippen LogP contribution in [0.3, 0.4) is 0 Å². The number of carbonyl (C=O) groups excluding carboxylic acids is 2. The van der Waals surface area contributed by atoms with Gasteiger partial charge >= 0.3 is 0 Å². The Morgan fingerprint density at radius 1 is 0.963 bits per heavy atom. The molecule has 0 aliphatic rings. The topological polar surface area (TPSA) is 67.4 Å². The van der Waals surface area contributed by atoms with Crippen LogP contribution >= 0.6 is 11.3 Å². The quantitative estimate of drug-likeness (QED) is 0.619. The first-order chi connectivity index (χ1) is 13.2. The average molecular weight is 380 g/mol. The molecule has 0 aliphatic heterocycles. The molecule has 0 spiro atoms. The predicted octanol–water partition coefficient (Wildman–Crippen LogP) is 4.79. The molecule has 0 saturated heterocycles.